The Balaban J connectivity index is 0.00000243. The van der Waals surface area contributed by atoms with Crippen LogP contribution in [0, 0.1) is 29.5 Å². The predicted molar refractivity (Wildman–Crippen MR) is 104 cm³/mol. The Hall–Kier alpha value is -1.13. The Morgan fingerprint density at radius 1 is 1.23 bits per heavy atom. The van der Waals surface area contributed by atoms with Crippen LogP contribution in [0.4, 0.5) is 4.39 Å². The molecule has 0 heterocycles. The number of fused-ring (bicyclic) bond motifs is 2. The third kappa shape index (κ3) is 4.77. The van der Waals surface area contributed by atoms with Gasteiger partial charge in [-0.05, 0) is 74.7 Å². The van der Waals surface area contributed by atoms with Gasteiger partial charge in [-0.1, -0.05) is 20.3 Å². The van der Waals surface area contributed by atoms with Crippen molar-refractivity contribution in [2.24, 2.45) is 23.7 Å². The van der Waals surface area contributed by atoms with Crippen molar-refractivity contribution in [1.82, 2.24) is 4.90 Å². The first-order valence-corrected chi connectivity index (χ1v) is 9.50. The maximum atomic E-state index is 14.2. The Labute approximate surface area is 162 Å². The topological polar surface area (TPSA) is 29.5 Å². The molecule has 0 N–H and O–H groups in total. The van der Waals surface area contributed by atoms with Crippen molar-refractivity contribution in [2.75, 3.05) is 20.6 Å². The van der Waals surface area contributed by atoms with Gasteiger partial charge in [-0.15, -0.1) is 12.4 Å². The first-order chi connectivity index (χ1) is 11.8. The lowest BCUT2D eigenvalue weighted by Gasteiger charge is -2.38. The second-order valence-electron chi connectivity index (χ2n) is 8.50. The normalized spacial score (nSPS) is 27.5. The van der Waals surface area contributed by atoms with Gasteiger partial charge in [-0.3, -0.25) is 4.79 Å². The van der Waals surface area contributed by atoms with Crippen molar-refractivity contribution in [3.63, 3.8) is 0 Å². The zero-order valence-electron chi connectivity index (χ0n) is 16.2. The molecule has 26 heavy (non-hydrogen) atoms. The van der Waals surface area contributed by atoms with Crippen molar-refractivity contribution in [2.45, 2.75) is 45.4 Å². The van der Waals surface area contributed by atoms with E-state index in [-0.39, 0.29) is 30.1 Å². The van der Waals surface area contributed by atoms with Crippen LogP contribution in [0.5, 0.6) is 5.75 Å². The largest absolute Gasteiger partial charge is 0.426 e. The van der Waals surface area contributed by atoms with E-state index in [4.69, 9.17) is 4.74 Å². The van der Waals surface area contributed by atoms with Crippen LogP contribution in [-0.4, -0.2) is 31.5 Å². The second kappa shape index (κ2) is 8.71. The number of benzene rings is 1. The molecule has 3 rings (SSSR count). The highest BCUT2D eigenvalue weighted by Crippen LogP contribution is 2.52. The fourth-order valence-electron chi connectivity index (χ4n) is 4.75. The molecule has 0 aliphatic heterocycles. The van der Waals surface area contributed by atoms with E-state index < -0.39 is 0 Å². The summed E-state index contributed by atoms with van der Waals surface area (Å²) < 4.78 is 19.6. The molecule has 0 saturated heterocycles. The molecule has 0 spiro atoms. The molecule has 2 bridgehead atoms. The SMILES string of the molecule is CC(C)C(=O)Oc1cc(F)cc(C2CC3CCC(C3)C2CN(C)C)c1.Cl. The van der Waals surface area contributed by atoms with Crippen molar-refractivity contribution >= 4 is 18.4 Å². The lowest BCUT2D eigenvalue weighted by molar-refractivity contribution is -0.137. The number of hydrogen-bond donors (Lipinski definition) is 0. The second-order valence-corrected chi connectivity index (χ2v) is 8.50. The standard InChI is InChI=1S/C21H30FNO2.ClH/c1-13(2)21(24)25-18-10-16(9-17(22)11-18)19-8-14-5-6-15(7-14)20(19)12-23(3)4;/h9-11,13-15,19-20H,5-8,12H2,1-4H3;1H. The van der Waals surface area contributed by atoms with E-state index in [1.54, 1.807) is 19.9 Å². The fraction of sp³-hybridized carbons (Fsp3) is 0.667. The van der Waals surface area contributed by atoms with Crippen LogP contribution in [0.25, 0.3) is 0 Å². The van der Waals surface area contributed by atoms with Crippen LogP contribution in [0.1, 0.15) is 51.0 Å². The molecule has 4 unspecified atom stereocenters. The quantitative estimate of drug-likeness (QED) is 0.535. The smallest absolute Gasteiger partial charge is 0.313 e. The van der Waals surface area contributed by atoms with Gasteiger partial charge in [0.25, 0.3) is 0 Å². The zero-order valence-corrected chi connectivity index (χ0v) is 17.0. The van der Waals surface area contributed by atoms with Crippen LogP contribution in [0.15, 0.2) is 18.2 Å². The Morgan fingerprint density at radius 3 is 2.62 bits per heavy atom. The molecule has 1 aromatic carbocycles. The average molecular weight is 384 g/mol. The minimum Gasteiger partial charge on any atom is -0.426 e. The first-order valence-electron chi connectivity index (χ1n) is 9.50. The molecule has 2 aliphatic carbocycles. The van der Waals surface area contributed by atoms with Gasteiger partial charge in [0.2, 0.25) is 0 Å². The monoisotopic (exact) mass is 383 g/mol. The van der Waals surface area contributed by atoms with E-state index in [1.165, 1.54) is 25.3 Å². The van der Waals surface area contributed by atoms with Crippen molar-refractivity contribution in [1.29, 1.82) is 0 Å². The lowest BCUT2D eigenvalue weighted by Crippen LogP contribution is -2.34. The molecule has 2 aliphatic rings. The lowest BCUT2D eigenvalue weighted by atomic mass is 9.69. The van der Waals surface area contributed by atoms with Gasteiger partial charge in [0.15, 0.2) is 0 Å². The maximum Gasteiger partial charge on any atom is 0.313 e. The van der Waals surface area contributed by atoms with E-state index in [2.05, 4.69) is 19.0 Å². The summed E-state index contributed by atoms with van der Waals surface area (Å²) in [4.78, 5) is 14.1. The Kier molecular flexibility index (Phi) is 7.09. The van der Waals surface area contributed by atoms with E-state index in [0.717, 1.165) is 30.4 Å². The molecule has 0 amide bonds. The summed E-state index contributed by atoms with van der Waals surface area (Å²) >= 11 is 0. The molecular formula is C21H31ClFNO2. The predicted octanol–water partition coefficient (Wildman–Crippen LogP) is 4.89. The summed E-state index contributed by atoms with van der Waals surface area (Å²) in [6.45, 7) is 4.60. The number of halogens is 2. The molecule has 0 aromatic heterocycles. The van der Waals surface area contributed by atoms with E-state index >= 15 is 0 Å². The fourth-order valence-corrected chi connectivity index (χ4v) is 4.75. The Morgan fingerprint density at radius 2 is 1.96 bits per heavy atom. The van der Waals surface area contributed by atoms with Crippen LogP contribution in [-0.2, 0) is 4.79 Å². The molecule has 4 atom stereocenters. The molecule has 2 saturated carbocycles. The molecular weight excluding hydrogens is 353 g/mol. The number of carbonyl (C=O) groups is 1. The van der Waals surface area contributed by atoms with Crippen LogP contribution in [0.2, 0.25) is 0 Å². The third-order valence-corrected chi connectivity index (χ3v) is 5.88. The van der Waals surface area contributed by atoms with Crippen LogP contribution in [0.3, 0.4) is 0 Å². The summed E-state index contributed by atoms with van der Waals surface area (Å²) in [6.07, 6.45) is 5.04. The molecule has 1 aromatic rings. The highest BCUT2D eigenvalue weighted by Gasteiger charge is 2.42. The molecule has 0 radical (unpaired) electrons. The highest BCUT2D eigenvalue weighted by atomic mass is 35.5. The summed E-state index contributed by atoms with van der Waals surface area (Å²) in [5.74, 6) is 1.88. The highest BCUT2D eigenvalue weighted by molar-refractivity contribution is 5.85. The van der Waals surface area contributed by atoms with Gasteiger partial charge in [-0.25, -0.2) is 4.39 Å². The van der Waals surface area contributed by atoms with Crippen molar-refractivity contribution in [3.8, 4) is 5.75 Å². The molecule has 2 fully saturated rings. The van der Waals surface area contributed by atoms with Crippen LogP contribution >= 0.6 is 12.4 Å². The van der Waals surface area contributed by atoms with Gasteiger partial charge in [-0.2, -0.15) is 0 Å². The van der Waals surface area contributed by atoms with Gasteiger partial charge >= 0.3 is 5.97 Å². The molecule has 5 heteroatoms. The summed E-state index contributed by atoms with van der Waals surface area (Å²) in [5, 5.41) is 0. The number of esters is 1. The van der Waals surface area contributed by atoms with E-state index in [9.17, 15) is 9.18 Å². The number of hydrogen-bond acceptors (Lipinski definition) is 3. The first kappa shape index (κ1) is 21.2. The van der Waals surface area contributed by atoms with E-state index in [1.807, 2.05) is 6.07 Å². The van der Waals surface area contributed by atoms with Gasteiger partial charge < -0.3 is 9.64 Å². The van der Waals surface area contributed by atoms with Crippen molar-refractivity contribution in [3.05, 3.63) is 29.6 Å². The summed E-state index contributed by atoms with van der Waals surface area (Å²) in [5.41, 5.74) is 0.995. The van der Waals surface area contributed by atoms with Gasteiger partial charge in [0.05, 0.1) is 5.92 Å². The molecule has 146 valence electrons. The number of nitrogens with zero attached hydrogens (tertiary/aromatic N) is 1. The number of carbonyl (C=O) groups excluding carboxylic acids is 1. The number of ether oxygens (including phenoxy) is 1. The molecule has 3 nitrogen and oxygen atoms in total. The zero-order chi connectivity index (χ0) is 18.1. The van der Waals surface area contributed by atoms with Crippen molar-refractivity contribution < 1.29 is 13.9 Å². The minimum absolute atomic E-state index is 0. The minimum atomic E-state index is -0.315. The maximum absolute atomic E-state index is 14.2. The van der Waals surface area contributed by atoms with Gasteiger partial charge in [0, 0.05) is 12.6 Å². The summed E-state index contributed by atoms with van der Waals surface area (Å²) in [6, 6.07) is 4.86. The Bertz CT molecular complexity index is 634. The van der Waals surface area contributed by atoms with Gasteiger partial charge in [0.1, 0.15) is 11.6 Å². The van der Waals surface area contributed by atoms with Crippen LogP contribution < -0.4 is 4.74 Å². The summed E-state index contributed by atoms with van der Waals surface area (Å²) in [7, 11) is 4.22. The number of rotatable bonds is 5. The third-order valence-electron chi connectivity index (χ3n) is 5.88. The average Bonchev–Trinajstić information content (AvgIpc) is 2.91. The van der Waals surface area contributed by atoms with E-state index in [0.29, 0.717) is 17.6 Å².